The van der Waals surface area contributed by atoms with E-state index < -0.39 is 6.10 Å². The highest BCUT2D eigenvalue weighted by molar-refractivity contribution is 5.39. The minimum atomic E-state index is -0.397. The quantitative estimate of drug-likeness (QED) is 0.801. The van der Waals surface area contributed by atoms with Gasteiger partial charge >= 0.3 is 0 Å². The molecule has 0 aliphatic carbocycles. The largest absolute Gasteiger partial charge is 0.457 e. The molecule has 0 saturated carbocycles. The van der Waals surface area contributed by atoms with Gasteiger partial charge in [-0.2, -0.15) is 0 Å². The molecule has 0 fully saturated rings. The van der Waals surface area contributed by atoms with Crippen molar-refractivity contribution >= 4 is 0 Å². The maximum atomic E-state index is 9.79. The van der Waals surface area contributed by atoms with Crippen LogP contribution in [0.15, 0.2) is 42.5 Å². The van der Waals surface area contributed by atoms with Gasteiger partial charge in [0.05, 0.1) is 6.10 Å². The Balaban J connectivity index is 2.13. The van der Waals surface area contributed by atoms with Crippen LogP contribution in [0.3, 0.4) is 0 Å². The predicted octanol–water partition coefficient (Wildman–Crippen LogP) is 5.35. The van der Waals surface area contributed by atoms with E-state index in [1.807, 2.05) is 37.3 Å². The van der Waals surface area contributed by atoms with Crippen LogP contribution in [0.2, 0.25) is 0 Å². The average Bonchev–Trinajstić information content (AvgIpc) is 2.47. The summed E-state index contributed by atoms with van der Waals surface area (Å²) >= 11 is 0. The van der Waals surface area contributed by atoms with Gasteiger partial charge in [0.1, 0.15) is 11.5 Å². The highest BCUT2D eigenvalue weighted by Crippen LogP contribution is 2.28. The van der Waals surface area contributed by atoms with Crippen molar-refractivity contribution in [1.29, 1.82) is 0 Å². The summed E-state index contributed by atoms with van der Waals surface area (Å²) in [6.07, 6.45) is 0.322. The Kier molecular flexibility index (Phi) is 5.03. The molecule has 2 rings (SSSR count). The molecule has 2 nitrogen and oxygen atoms in total. The van der Waals surface area contributed by atoms with Crippen molar-refractivity contribution in [2.45, 2.75) is 46.1 Å². The van der Waals surface area contributed by atoms with Crippen molar-refractivity contribution in [2.24, 2.45) is 0 Å². The highest BCUT2D eigenvalue weighted by Gasteiger charge is 2.07. The van der Waals surface area contributed by atoms with E-state index in [1.54, 1.807) is 0 Å². The van der Waals surface area contributed by atoms with Gasteiger partial charge in [0.25, 0.3) is 0 Å². The zero-order valence-electron chi connectivity index (χ0n) is 13.3. The Hall–Kier alpha value is -1.80. The molecule has 0 spiro atoms. The van der Waals surface area contributed by atoms with Crippen molar-refractivity contribution in [2.75, 3.05) is 0 Å². The van der Waals surface area contributed by atoms with E-state index in [9.17, 15) is 5.11 Å². The molecule has 0 bridgehead atoms. The van der Waals surface area contributed by atoms with Gasteiger partial charge in [-0.05, 0) is 60.2 Å². The van der Waals surface area contributed by atoms with Gasteiger partial charge in [0.2, 0.25) is 0 Å². The second-order valence-corrected chi connectivity index (χ2v) is 5.77. The van der Waals surface area contributed by atoms with Crippen LogP contribution in [0.5, 0.6) is 11.5 Å². The fourth-order valence-corrected chi connectivity index (χ4v) is 2.49. The molecule has 0 amide bonds. The van der Waals surface area contributed by atoms with Gasteiger partial charge in [0, 0.05) is 0 Å². The molecule has 0 unspecified atom stereocenters. The molecule has 2 heteroatoms. The lowest BCUT2D eigenvalue weighted by Crippen LogP contribution is -1.95. The summed E-state index contributed by atoms with van der Waals surface area (Å²) < 4.78 is 5.88. The van der Waals surface area contributed by atoms with Crippen LogP contribution in [-0.2, 0) is 0 Å². The van der Waals surface area contributed by atoms with Gasteiger partial charge in [-0.3, -0.25) is 0 Å². The first-order valence-corrected chi connectivity index (χ1v) is 7.57. The number of hydrogen-bond donors (Lipinski definition) is 1. The third-order valence-electron chi connectivity index (χ3n) is 3.75. The van der Waals surface area contributed by atoms with Gasteiger partial charge in [-0.1, -0.05) is 39.0 Å². The minimum Gasteiger partial charge on any atom is -0.457 e. The number of ether oxygens (including phenoxy) is 1. The van der Waals surface area contributed by atoms with Gasteiger partial charge in [-0.15, -0.1) is 0 Å². The van der Waals surface area contributed by atoms with E-state index in [1.165, 1.54) is 11.1 Å². The summed E-state index contributed by atoms with van der Waals surface area (Å²) in [7, 11) is 0. The number of aliphatic hydroxyl groups excluding tert-OH is 1. The number of benzene rings is 2. The maximum Gasteiger partial charge on any atom is 0.127 e. The molecular weight excluding hydrogens is 260 g/mol. The highest BCUT2D eigenvalue weighted by atomic mass is 16.5. The standard InChI is InChI=1S/C19H24O2/c1-5-19(20)15-6-8-16(9-7-15)21-17-10-11-18(13(2)3)14(4)12-17/h6-13,19-20H,5H2,1-4H3/t19-/m0/s1. The average molecular weight is 284 g/mol. The van der Waals surface area contributed by atoms with Crippen molar-refractivity contribution in [1.82, 2.24) is 0 Å². The summed E-state index contributed by atoms with van der Waals surface area (Å²) in [6.45, 7) is 8.47. The van der Waals surface area contributed by atoms with Crippen LogP contribution in [-0.4, -0.2) is 5.11 Å². The van der Waals surface area contributed by atoms with Crippen LogP contribution in [0.4, 0.5) is 0 Å². The van der Waals surface area contributed by atoms with Gasteiger partial charge < -0.3 is 9.84 Å². The Morgan fingerprint density at radius 1 is 1.00 bits per heavy atom. The van der Waals surface area contributed by atoms with Crippen molar-refractivity contribution < 1.29 is 9.84 Å². The fraction of sp³-hybridized carbons (Fsp3) is 0.368. The summed E-state index contributed by atoms with van der Waals surface area (Å²) in [5, 5.41) is 9.79. The number of rotatable bonds is 5. The number of aliphatic hydroxyl groups is 1. The zero-order valence-corrected chi connectivity index (χ0v) is 13.3. The maximum absolute atomic E-state index is 9.79. The second-order valence-electron chi connectivity index (χ2n) is 5.77. The van der Waals surface area contributed by atoms with Crippen LogP contribution < -0.4 is 4.74 Å². The van der Waals surface area contributed by atoms with Gasteiger partial charge in [0.15, 0.2) is 0 Å². The predicted molar refractivity (Wildman–Crippen MR) is 87.0 cm³/mol. The minimum absolute atomic E-state index is 0.397. The second kappa shape index (κ2) is 6.77. The van der Waals surface area contributed by atoms with E-state index in [-0.39, 0.29) is 0 Å². The molecule has 2 aromatic carbocycles. The van der Waals surface area contributed by atoms with E-state index in [0.717, 1.165) is 23.5 Å². The van der Waals surface area contributed by atoms with Crippen molar-refractivity contribution in [3.8, 4) is 11.5 Å². The first-order valence-electron chi connectivity index (χ1n) is 7.57. The molecule has 2 aromatic rings. The lowest BCUT2D eigenvalue weighted by molar-refractivity contribution is 0.173. The summed E-state index contributed by atoms with van der Waals surface area (Å²) in [5.41, 5.74) is 3.53. The molecule has 0 aliphatic rings. The summed E-state index contributed by atoms with van der Waals surface area (Å²) in [4.78, 5) is 0. The molecular formula is C19H24O2. The molecule has 0 radical (unpaired) electrons. The molecule has 1 atom stereocenters. The van der Waals surface area contributed by atoms with Crippen LogP contribution in [0.1, 0.15) is 55.9 Å². The Labute approximate surface area is 127 Å². The van der Waals surface area contributed by atoms with Crippen LogP contribution in [0.25, 0.3) is 0 Å². The topological polar surface area (TPSA) is 29.5 Å². The lowest BCUT2D eigenvalue weighted by atomic mass is 9.98. The third kappa shape index (κ3) is 3.85. The monoisotopic (exact) mass is 284 g/mol. The normalized spacial score (nSPS) is 12.5. The molecule has 0 saturated heterocycles. The first-order chi connectivity index (χ1) is 10.0. The third-order valence-corrected chi connectivity index (χ3v) is 3.75. The molecule has 1 N–H and O–H groups in total. The van der Waals surface area contributed by atoms with Gasteiger partial charge in [-0.25, -0.2) is 0 Å². The van der Waals surface area contributed by atoms with E-state index in [4.69, 9.17) is 4.74 Å². The SMILES string of the molecule is CC[C@H](O)c1ccc(Oc2ccc(C(C)C)c(C)c2)cc1. The molecule has 21 heavy (non-hydrogen) atoms. The molecule has 0 aromatic heterocycles. The van der Waals surface area contributed by atoms with Crippen molar-refractivity contribution in [3.05, 3.63) is 59.2 Å². The number of aryl methyl sites for hydroxylation is 1. The van der Waals surface area contributed by atoms with E-state index >= 15 is 0 Å². The Morgan fingerprint density at radius 3 is 2.14 bits per heavy atom. The van der Waals surface area contributed by atoms with Crippen LogP contribution in [0, 0.1) is 6.92 Å². The smallest absolute Gasteiger partial charge is 0.127 e. The summed E-state index contributed by atoms with van der Waals surface area (Å²) in [5.74, 6) is 2.16. The Bertz CT molecular complexity index is 585. The fourth-order valence-electron chi connectivity index (χ4n) is 2.49. The first kappa shape index (κ1) is 15.6. The molecule has 112 valence electrons. The van der Waals surface area contributed by atoms with E-state index in [2.05, 4.69) is 32.9 Å². The van der Waals surface area contributed by atoms with E-state index in [0.29, 0.717) is 5.92 Å². The number of hydrogen-bond acceptors (Lipinski definition) is 2. The van der Waals surface area contributed by atoms with Crippen LogP contribution >= 0.6 is 0 Å². The molecule has 0 aliphatic heterocycles. The lowest BCUT2D eigenvalue weighted by Gasteiger charge is -2.13. The zero-order chi connectivity index (χ0) is 15.4. The van der Waals surface area contributed by atoms with Crippen molar-refractivity contribution in [3.63, 3.8) is 0 Å². The Morgan fingerprint density at radius 2 is 1.62 bits per heavy atom. The molecule has 0 heterocycles. The summed E-state index contributed by atoms with van der Waals surface area (Å²) in [6, 6.07) is 13.9.